The van der Waals surface area contributed by atoms with Crippen LogP contribution in [0.15, 0.2) is 72.9 Å². The summed E-state index contributed by atoms with van der Waals surface area (Å²) in [5.41, 5.74) is 3.32. The Morgan fingerprint density at radius 2 is 1.83 bits per heavy atom. The maximum absolute atomic E-state index is 13.5. The third-order valence-corrected chi connectivity index (χ3v) is 6.13. The fraction of sp³-hybridized carbons (Fsp3) is 0.346. The number of carbonyl (C=O) groups excluding carboxylic acids is 1. The van der Waals surface area contributed by atoms with E-state index in [1.807, 2.05) is 29.2 Å². The Bertz CT molecular complexity index is 1020. The normalized spacial score (nSPS) is 18.3. The molecular formula is C26H29ClN2O. The predicted octanol–water partition coefficient (Wildman–Crippen LogP) is 6.12. The van der Waals surface area contributed by atoms with Gasteiger partial charge in [-0.15, -0.1) is 0 Å². The van der Waals surface area contributed by atoms with E-state index < -0.39 is 0 Å². The average molecular weight is 421 g/mol. The van der Waals surface area contributed by atoms with Gasteiger partial charge in [0, 0.05) is 34.9 Å². The summed E-state index contributed by atoms with van der Waals surface area (Å²) in [6, 6.07) is 22.5. The van der Waals surface area contributed by atoms with Crippen LogP contribution >= 0.6 is 11.6 Å². The number of halogens is 1. The van der Waals surface area contributed by atoms with Crippen molar-refractivity contribution in [1.29, 1.82) is 0 Å². The summed E-state index contributed by atoms with van der Waals surface area (Å²) >= 11 is 6.15. The highest BCUT2D eigenvalue weighted by Gasteiger charge is 2.47. The van der Waals surface area contributed by atoms with Gasteiger partial charge in [0.05, 0.1) is 6.54 Å². The summed E-state index contributed by atoms with van der Waals surface area (Å²) in [5.74, 6) is 0.691. The topological polar surface area (TPSA) is 25.2 Å². The van der Waals surface area contributed by atoms with Crippen molar-refractivity contribution < 1.29 is 4.79 Å². The molecule has 2 aromatic carbocycles. The Hall–Kier alpha value is -2.52. The van der Waals surface area contributed by atoms with Crippen molar-refractivity contribution in [1.82, 2.24) is 9.47 Å². The molecule has 0 bridgehead atoms. The van der Waals surface area contributed by atoms with Gasteiger partial charge in [0.25, 0.3) is 0 Å². The molecule has 30 heavy (non-hydrogen) atoms. The molecule has 156 valence electrons. The second-order valence-corrected chi connectivity index (χ2v) is 9.65. The lowest BCUT2D eigenvalue weighted by Crippen LogP contribution is -2.46. The highest BCUT2D eigenvalue weighted by Crippen LogP contribution is 2.49. The third kappa shape index (κ3) is 4.62. The highest BCUT2D eigenvalue weighted by molar-refractivity contribution is 6.30. The first-order valence-corrected chi connectivity index (χ1v) is 11.0. The standard InChI is InChI=1S/C26H29ClN2O/c1-26(2,3)29(25(30)24-16-23(24)20-10-5-4-6-11-20)18-22-13-8-14-28(22)17-19-9-7-12-21(27)15-19/h4-15,23-24H,16-18H2,1-3H3/t23-,24-/m0/s1. The van der Waals surface area contributed by atoms with Crippen LogP contribution in [0.2, 0.25) is 5.02 Å². The molecular weight excluding hydrogens is 392 g/mol. The zero-order valence-corrected chi connectivity index (χ0v) is 18.6. The first-order valence-electron chi connectivity index (χ1n) is 10.6. The van der Waals surface area contributed by atoms with E-state index in [2.05, 4.69) is 74.0 Å². The van der Waals surface area contributed by atoms with Crippen molar-refractivity contribution in [3.63, 3.8) is 0 Å². The average Bonchev–Trinajstić information content (AvgIpc) is 3.39. The zero-order chi connectivity index (χ0) is 21.3. The summed E-state index contributed by atoms with van der Waals surface area (Å²) < 4.78 is 2.21. The summed E-state index contributed by atoms with van der Waals surface area (Å²) in [7, 11) is 0. The summed E-state index contributed by atoms with van der Waals surface area (Å²) in [6.07, 6.45) is 3.02. The van der Waals surface area contributed by atoms with E-state index in [1.165, 1.54) is 5.56 Å². The molecule has 2 atom stereocenters. The maximum atomic E-state index is 13.5. The number of amides is 1. The number of hydrogen-bond donors (Lipinski definition) is 0. The quantitative estimate of drug-likeness (QED) is 0.471. The molecule has 3 nitrogen and oxygen atoms in total. The molecule has 1 aromatic heterocycles. The van der Waals surface area contributed by atoms with E-state index in [4.69, 9.17) is 11.6 Å². The zero-order valence-electron chi connectivity index (χ0n) is 17.9. The Kier molecular flexibility index (Phi) is 5.75. The van der Waals surface area contributed by atoms with Gasteiger partial charge in [0.2, 0.25) is 5.91 Å². The van der Waals surface area contributed by atoms with Crippen LogP contribution in [0.5, 0.6) is 0 Å². The number of benzene rings is 2. The monoisotopic (exact) mass is 420 g/mol. The summed E-state index contributed by atoms with van der Waals surface area (Å²) in [4.78, 5) is 15.5. The Morgan fingerprint density at radius 3 is 2.53 bits per heavy atom. The van der Waals surface area contributed by atoms with E-state index in [1.54, 1.807) is 0 Å². The minimum atomic E-state index is -0.244. The Morgan fingerprint density at radius 1 is 1.07 bits per heavy atom. The van der Waals surface area contributed by atoms with Gasteiger partial charge in [-0.1, -0.05) is 54.1 Å². The van der Waals surface area contributed by atoms with Crippen molar-refractivity contribution in [2.45, 2.75) is 51.7 Å². The number of hydrogen-bond acceptors (Lipinski definition) is 1. The molecule has 1 saturated carbocycles. The molecule has 1 aliphatic carbocycles. The van der Waals surface area contributed by atoms with Crippen molar-refractivity contribution >= 4 is 17.5 Å². The van der Waals surface area contributed by atoms with Crippen LogP contribution in [0.4, 0.5) is 0 Å². The number of rotatable bonds is 6. The van der Waals surface area contributed by atoms with Gasteiger partial charge in [-0.2, -0.15) is 0 Å². The van der Waals surface area contributed by atoms with Gasteiger partial charge in [0.15, 0.2) is 0 Å². The second-order valence-electron chi connectivity index (χ2n) is 9.21. The minimum absolute atomic E-state index is 0.0861. The number of carbonyl (C=O) groups is 1. The van der Waals surface area contributed by atoms with Gasteiger partial charge in [0.1, 0.15) is 0 Å². The lowest BCUT2D eigenvalue weighted by molar-refractivity contribution is -0.138. The molecule has 0 spiro atoms. The maximum Gasteiger partial charge on any atom is 0.227 e. The van der Waals surface area contributed by atoms with E-state index >= 15 is 0 Å². The summed E-state index contributed by atoms with van der Waals surface area (Å²) in [5, 5.41) is 0.744. The molecule has 0 radical (unpaired) electrons. The second kappa shape index (κ2) is 8.31. The fourth-order valence-corrected chi connectivity index (χ4v) is 4.34. The van der Waals surface area contributed by atoms with E-state index in [-0.39, 0.29) is 17.4 Å². The molecule has 1 heterocycles. The van der Waals surface area contributed by atoms with Crippen LogP contribution in [0.3, 0.4) is 0 Å². The molecule has 0 saturated heterocycles. The Balaban J connectivity index is 1.51. The lowest BCUT2D eigenvalue weighted by Gasteiger charge is -2.36. The fourth-order valence-electron chi connectivity index (χ4n) is 4.12. The van der Waals surface area contributed by atoms with Gasteiger partial charge in [-0.3, -0.25) is 4.79 Å². The van der Waals surface area contributed by atoms with Crippen LogP contribution in [0.1, 0.15) is 49.9 Å². The first-order chi connectivity index (χ1) is 14.3. The number of aromatic nitrogens is 1. The molecule has 3 aromatic rings. The molecule has 0 unspecified atom stereocenters. The molecule has 0 N–H and O–H groups in total. The molecule has 4 rings (SSSR count). The van der Waals surface area contributed by atoms with Gasteiger partial charge < -0.3 is 9.47 Å². The predicted molar refractivity (Wildman–Crippen MR) is 123 cm³/mol. The molecule has 4 heteroatoms. The van der Waals surface area contributed by atoms with Crippen molar-refractivity contribution in [2.24, 2.45) is 5.92 Å². The Labute approximate surface area is 184 Å². The smallest absolute Gasteiger partial charge is 0.227 e. The van der Waals surface area contributed by atoms with Crippen LogP contribution in [0.25, 0.3) is 0 Å². The minimum Gasteiger partial charge on any atom is -0.345 e. The van der Waals surface area contributed by atoms with Crippen LogP contribution < -0.4 is 0 Å². The molecule has 1 aliphatic rings. The highest BCUT2D eigenvalue weighted by atomic mass is 35.5. The largest absolute Gasteiger partial charge is 0.345 e. The molecule has 1 amide bonds. The van der Waals surface area contributed by atoms with Gasteiger partial charge in [-0.25, -0.2) is 0 Å². The first kappa shape index (κ1) is 20.7. The van der Waals surface area contributed by atoms with Crippen molar-refractivity contribution in [3.05, 3.63) is 94.8 Å². The molecule has 1 fully saturated rings. The van der Waals surface area contributed by atoms with Crippen LogP contribution in [0, 0.1) is 5.92 Å². The van der Waals surface area contributed by atoms with E-state index in [0.717, 1.165) is 29.2 Å². The molecule has 0 aliphatic heterocycles. The van der Waals surface area contributed by atoms with E-state index in [0.29, 0.717) is 12.5 Å². The van der Waals surface area contributed by atoms with Crippen molar-refractivity contribution in [3.8, 4) is 0 Å². The number of nitrogens with zero attached hydrogens (tertiary/aromatic N) is 2. The third-order valence-electron chi connectivity index (χ3n) is 5.90. The van der Waals surface area contributed by atoms with Crippen LogP contribution in [-0.4, -0.2) is 20.9 Å². The van der Waals surface area contributed by atoms with Crippen molar-refractivity contribution in [2.75, 3.05) is 0 Å². The van der Waals surface area contributed by atoms with Gasteiger partial charge in [-0.05, 0) is 68.5 Å². The lowest BCUT2D eigenvalue weighted by atomic mass is 10.0. The van der Waals surface area contributed by atoms with E-state index in [9.17, 15) is 4.79 Å². The SMILES string of the molecule is CC(C)(C)N(Cc1cccn1Cc1cccc(Cl)c1)C(=O)[C@H]1C[C@H]1c1ccccc1. The van der Waals surface area contributed by atoms with Gasteiger partial charge >= 0.3 is 0 Å². The summed E-state index contributed by atoms with van der Waals surface area (Å²) in [6.45, 7) is 7.71. The van der Waals surface area contributed by atoms with Crippen LogP contribution in [-0.2, 0) is 17.9 Å².